The molecule has 4 heteroatoms. The lowest BCUT2D eigenvalue weighted by Crippen LogP contribution is -2.27. The Hall–Kier alpha value is -2.04. The summed E-state index contributed by atoms with van der Waals surface area (Å²) >= 11 is 0. The lowest BCUT2D eigenvalue weighted by molar-refractivity contribution is 0.173. The smallest absolute Gasteiger partial charge is 0.231 e. The Labute approximate surface area is 149 Å². The lowest BCUT2D eigenvalue weighted by atomic mass is 9.85. The summed E-state index contributed by atoms with van der Waals surface area (Å²) in [6, 6.07) is 13.4. The fourth-order valence-corrected chi connectivity index (χ4v) is 3.76. The van der Waals surface area contributed by atoms with Crippen molar-refractivity contribution in [3.8, 4) is 11.5 Å². The maximum absolute atomic E-state index is 6.16. The van der Waals surface area contributed by atoms with Crippen molar-refractivity contribution in [2.75, 3.05) is 13.3 Å². The van der Waals surface area contributed by atoms with E-state index in [1.807, 2.05) is 6.07 Å². The van der Waals surface area contributed by atoms with Gasteiger partial charge in [-0.05, 0) is 39.8 Å². The molecule has 0 aliphatic carbocycles. The largest absolute Gasteiger partial charge is 0.454 e. The van der Waals surface area contributed by atoms with E-state index in [0.717, 1.165) is 24.6 Å². The van der Waals surface area contributed by atoms with E-state index in [0.29, 0.717) is 13.3 Å². The first-order valence-electron chi connectivity index (χ1n) is 8.91. The van der Waals surface area contributed by atoms with Gasteiger partial charge in [0.25, 0.3) is 0 Å². The number of benzene rings is 2. The summed E-state index contributed by atoms with van der Waals surface area (Å²) in [5.74, 6) is 1.67. The maximum Gasteiger partial charge on any atom is 0.231 e. The number of ether oxygens (including phenoxy) is 2. The van der Waals surface area contributed by atoms with Crippen LogP contribution in [0.5, 0.6) is 11.5 Å². The Kier molecular flexibility index (Phi) is 3.97. The quantitative estimate of drug-likeness (QED) is 0.926. The monoisotopic (exact) mass is 338 g/mol. The van der Waals surface area contributed by atoms with Crippen molar-refractivity contribution in [3.63, 3.8) is 0 Å². The Morgan fingerprint density at radius 3 is 2.64 bits per heavy atom. The topological polar surface area (TPSA) is 47.7 Å². The third kappa shape index (κ3) is 3.00. The van der Waals surface area contributed by atoms with Crippen LogP contribution in [-0.4, -0.2) is 18.2 Å². The zero-order valence-electron chi connectivity index (χ0n) is 15.2. The van der Waals surface area contributed by atoms with E-state index in [1.165, 1.54) is 22.3 Å². The third-order valence-corrected chi connectivity index (χ3v) is 5.23. The highest BCUT2D eigenvalue weighted by molar-refractivity contribution is 5.45. The van der Waals surface area contributed by atoms with E-state index in [-0.39, 0.29) is 11.5 Å². The second kappa shape index (κ2) is 6.04. The van der Waals surface area contributed by atoms with E-state index in [9.17, 15) is 0 Å². The summed E-state index contributed by atoms with van der Waals surface area (Å²) in [4.78, 5) is 2.45. The zero-order chi connectivity index (χ0) is 17.6. The summed E-state index contributed by atoms with van der Waals surface area (Å²) in [6.45, 7) is 9.51. The second-order valence-electron chi connectivity index (χ2n) is 8.01. The molecule has 2 aliphatic heterocycles. The fraction of sp³-hybridized carbons (Fsp3) is 0.429. The SMILES string of the molecule is CC(C)(C)c1ccc2c(c1)C(CN)N(Cc1ccc3c(c1)OCO3)C2. The fourth-order valence-electron chi connectivity index (χ4n) is 3.76. The molecular formula is C21H26N2O2. The molecule has 0 amide bonds. The van der Waals surface area contributed by atoms with Gasteiger partial charge in [-0.15, -0.1) is 0 Å². The molecule has 0 radical (unpaired) electrons. The Balaban J connectivity index is 1.59. The summed E-state index contributed by atoms with van der Waals surface area (Å²) in [5, 5.41) is 0. The van der Waals surface area contributed by atoms with E-state index in [1.54, 1.807) is 0 Å². The van der Waals surface area contributed by atoms with Crippen LogP contribution >= 0.6 is 0 Å². The molecule has 4 rings (SSSR count). The molecule has 0 bridgehead atoms. The number of fused-ring (bicyclic) bond motifs is 2. The summed E-state index contributed by atoms with van der Waals surface area (Å²) < 4.78 is 10.9. The molecule has 132 valence electrons. The molecule has 0 spiro atoms. The van der Waals surface area contributed by atoms with Gasteiger partial charge in [-0.1, -0.05) is 45.0 Å². The van der Waals surface area contributed by atoms with Crippen LogP contribution in [-0.2, 0) is 18.5 Å². The highest BCUT2D eigenvalue weighted by atomic mass is 16.7. The van der Waals surface area contributed by atoms with Gasteiger partial charge in [0.2, 0.25) is 6.79 Å². The van der Waals surface area contributed by atoms with E-state index < -0.39 is 0 Å². The van der Waals surface area contributed by atoms with Gasteiger partial charge in [0.1, 0.15) is 0 Å². The molecule has 2 aliphatic rings. The molecule has 2 N–H and O–H groups in total. The molecule has 1 unspecified atom stereocenters. The van der Waals surface area contributed by atoms with Crippen molar-refractivity contribution in [2.45, 2.75) is 45.3 Å². The van der Waals surface area contributed by atoms with Crippen molar-refractivity contribution in [1.82, 2.24) is 4.90 Å². The third-order valence-electron chi connectivity index (χ3n) is 5.23. The van der Waals surface area contributed by atoms with E-state index in [4.69, 9.17) is 15.2 Å². The first kappa shape index (κ1) is 16.4. The van der Waals surface area contributed by atoms with Gasteiger partial charge in [-0.3, -0.25) is 4.90 Å². The number of hydrogen-bond acceptors (Lipinski definition) is 4. The molecule has 25 heavy (non-hydrogen) atoms. The Morgan fingerprint density at radius 1 is 1.08 bits per heavy atom. The summed E-state index contributed by atoms with van der Waals surface area (Å²) in [5.41, 5.74) is 11.7. The number of rotatable bonds is 3. The second-order valence-corrected chi connectivity index (χ2v) is 8.01. The average Bonchev–Trinajstić information content (AvgIpc) is 3.16. The summed E-state index contributed by atoms with van der Waals surface area (Å²) in [7, 11) is 0. The van der Waals surface area contributed by atoms with Crippen molar-refractivity contribution < 1.29 is 9.47 Å². The lowest BCUT2D eigenvalue weighted by Gasteiger charge is -2.25. The molecular weight excluding hydrogens is 312 g/mol. The van der Waals surface area contributed by atoms with Crippen molar-refractivity contribution in [1.29, 1.82) is 0 Å². The molecule has 4 nitrogen and oxygen atoms in total. The van der Waals surface area contributed by atoms with Crippen LogP contribution in [0.4, 0.5) is 0 Å². The summed E-state index contributed by atoms with van der Waals surface area (Å²) in [6.07, 6.45) is 0. The average molecular weight is 338 g/mol. The van der Waals surface area contributed by atoms with Gasteiger partial charge in [-0.25, -0.2) is 0 Å². The van der Waals surface area contributed by atoms with E-state index >= 15 is 0 Å². The van der Waals surface area contributed by atoms with Crippen LogP contribution < -0.4 is 15.2 Å². The molecule has 2 aromatic carbocycles. The predicted molar refractivity (Wildman–Crippen MR) is 98.7 cm³/mol. The molecule has 0 fully saturated rings. The minimum Gasteiger partial charge on any atom is -0.454 e. The molecule has 0 aromatic heterocycles. The van der Waals surface area contributed by atoms with Crippen LogP contribution in [0, 0.1) is 0 Å². The Morgan fingerprint density at radius 2 is 1.88 bits per heavy atom. The van der Waals surface area contributed by atoms with Crippen LogP contribution in [0.15, 0.2) is 36.4 Å². The van der Waals surface area contributed by atoms with Gasteiger partial charge in [-0.2, -0.15) is 0 Å². The van der Waals surface area contributed by atoms with Crippen molar-refractivity contribution in [3.05, 3.63) is 58.7 Å². The number of nitrogens with two attached hydrogens (primary N) is 1. The molecule has 0 saturated heterocycles. The highest BCUT2D eigenvalue weighted by Gasteiger charge is 2.30. The van der Waals surface area contributed by atoms with Crippen molar-refractivity contribution >= 4 is 0 Å². The van der Waals surface area contributed by atoms with Crippen LogP contribution in [0.3, 0.4) is 0 Å². The van der Waals surface area contributed by atoms with Gasteiger partial charge < -0.3 is 15.2 Å². The van der Waals surface area contributed by atoms with Crippen molar-refractivity contribution in [2.24, 2.45) is 5.73 Å². The zero-order valence-corrected chi connectivity index (χ0v) is 15.2. The highest BCUT2D eigenvalue weighted by Crippen LogP contribution is 2.38. The van der Waals surface area contributed by atoms with Gasteiger partial charge in [0.05, 0.1) is 0 Å². The Bertz CT molecular complexity index is 795. The molecule has 1 atom stereocenters. The van der Waals surface area contributed by atoms with Gasteiger partial charge in [0.15, 0.2) is 11.5 Å². The van der Waals surface area contributed by atoms with Gasteiger partial charge in [0, 0.05) is 25.7 Å². The number of nitrogens with zero attached hydrogens (tertiary/aromatic N) is 1. The van der Waals surface area contributed by atoms with Crippen LogP contribution in [0.25, 0.3) is 0 Å². The van der Waals surface area contributed by atoms with E-state index in [2.05, 4.69) is 56.0 Å². The molecule has 2 aromatic rings. The standard InChI is InChI=1S/C21H26N2O2/c1-21(2,3)16-6-5-15-12-23(18(10-22)17(15)9-16)11-14-4-7-19-20(8-14)25-13-24-19/h4-9,18H,10-13,22H2,1-3H3. The minimum atomic E-state index is 0.152. The maximum atomic E-state index is 6.16. The van der Waals surface area contributed by atoms with Crippen LogP contribution in [0.2, 0.25) is 0 Å². The first-order chi connectivity index (χ1) is 12.0. The first-order valence-corrected chi connectivity index (χ1v) is 8.91. The van der Waals surface area contributed by atoms with Gasteiger partial charge >= 0.3 is 0 Å². The minimum absolute atomic E-state index is 0.152. The normalized spacial score (nSPS) is 19.3. The molecule has 2 heterocycles. The predicted octanol–water partition coefficient (Wildman–Crippen LogP) is 3.73. The number of hydrogen-bond donors (Lipinski definition) is 1. The van der Waals surface area contributed by atoms with Crippen LogP contribution in [0.1, 0.15) is 49.1 Å². The molecule has 0 saturated carbocycles.